The number of hydrogen-bond donors (Lipinski definition) is 2. The predicted octanol–water partition coefficient (Wildman–Crippen LogP) is 5.19. The highest BCUT2D eigenvalue weighted by atomic mass is 16.5. The molecule has 4 rings (SSSR count). The van der Waals surface area contributed by atoms with Gasteiger partial charge in [-0.05, 0) is 69.1 Å². The Bertz CT molecular complexity index is 1090. The van der Waals surface area contributed by atoms with E-state index in [1.807, 2.05) is 18.2 Å². The Morgan fingerprint density at radius 1 is 1.31 bits per heavy atom. The standard InChI is InChI=1S/C25H31N5O2/c1-24(2)10-7-16(8-11-24)21-20(30-23(31)22-27-15-18(14-26)28-22)6-5-19(29-21)17-9-12-32-25(3,4)13-17/h5-7,15,17H,8-13H2,1-4H3,(H,27,28)(H,30,31). The average molecular weight is 434 g/mol. The van der Waals surface area contributed by atoms with Crippen LogP contribution in [0.3, 0.4) is 0 Å². The number of allylic oxidation sites excluding steroid dienone is 2. The summed E-state index contributed by atoms with van der Waals surface area (Å²) in [6, 6.07) is 5.92. The smallest absolute Gasteiger partial charge is 0.291 e. The molecule has 1 fully saturated rings. The number of carbonyl (C=O) groups excluding carboxylic acids is 1. The average Bonchev–Trinajstić information content (AvgIpc) is 3.23. The largest absolute Gasteiger partial charge is 0.376 e. The number of nitrogens with one attached hydrogen (secondary N) is 2. The molecule has 32 heavy (non-hydrogen) atoms. The van der Waals surface area contributed by atoms with Crippen LogP contribution < -0.4 is 5.32 Å². The number of amides is 1. The van der Waals surface area contributed by atoms with Crippen molar-refractivity contribution >= 4 is 17.2 Å². The Kier molecular flexibility index (Phi) is 5.91. The summed E-state index contributed by atoms with van der Waals surface area (Å²) in [6.45, 7) is 9.53. The first-order valence-corrected chi connectivity index (χ1v) is 11.3. The third kappa shape index (κ3) is 4.91. The van der Waals surface area contributed by atoms with Gasteiger partial charge in [0, 0.05) is 18.2 Å². The topological polar surface area (TPSA) is 104 Å². The molecule has 7 heteroatoms. The fourth-order valence-electron chi connectivity index (χ4n) is 4.50. The van der Waals surface area contributed by atoms with E-state index in [4.69, 9.17) is 15.0 Å². The van der Waals surface area contributed by atoms with Gasteiger partial charge in [0.1, 0.15) is 11.8 Å². The van der Waals surface area contributed by atoms with E-state index in [9.17, 15) is 4.79 Å². The van der Waals surface area contributed by atoms with Gasteiger partial charge in [-0.3, -0.25) is 9.78 Å². The normalized spacial score (nSPS) is 22.0. The van der Waals surface area contributed by atoms with E-state index < -0.39 is 0 Å². The van der Waals surface area contributed by atoms with Crippen LogP contribution in [0.4, 0.5) is 5.69 Å². The molecular weight excluding hydrogens is 402 g/mol. The highest BCUT2D eigenvalue weighted by molar-refractivity contribution is 6.03. The Morgan fingerprint density at radius 3 is 2.78 bits per heavy atom. The van der Waals surface area contributed by atoms with Crippen molar-refractivity contribution in [3.05, 3.63) is 47.3 Å². The van der Waals surface area contributed by atoms with E-state index >= 15 is 0 Å². The van der Waals surface area contributed by atoms with Gasteiger partial charge in [-0.2, -0.15) is 5.26 Å². The molecular formula is C25H31N5O2. The summed E-state index contributed by atoms with van der Waals surface area (Å²) in [7, 11) is 0. The maximum absolute atomic E-state index is 12.8. The molecule has 2 N–H and O–H groups in total. The summed E-state index contributed by atoms with van der Waals surface area (Å²) in [5.74, 6) is 0.0545. The fourth-order valence-corrected chi connectivity index (χ4v) is 4.50. The SMILES string of the molecule is CC1(C)CC=C(c2nc(C3CCOC(C)(C)C3)ccc2NC(=O)c2ncc(C#N)[nH]2)CC1. The molecule has 0 aromatic carbocycles. The molecule has 1 saturated heterocycles. The third-order valence-corrected chi connectivity index (χ3v) is 6.47. The number of imidazole rings is 1. The first-order chi connectivity index (χ1) is 15.2. The number of rotatable bonds is 4. The van der Waals surface area contributed by atoms with Crippen LogP contribution in [0.25, 0.3) is 5.57 Å². The first-order valence-electron chi connectivity index (χ1n) is 11.3. The van der Waals surface area contributed by atoms with E-state index in [0.717, 1.165) is 50.1 Å². The van der Waals surface area contributed by atoms with Crippen LogP contribution in [0.5, 0.6) is 0 Å². The van der Waals surface area contributed by atoms with Crippen molar-refractivity contribution in [2.75, 3.05) is 11.9 Å². The van der Waals surface area contributed by atoms with E-state index in [-0.39, 0.29) is 28.4 Å². The maximum Gasteiger partial charge on any atom is 0.291 e. The van der Waals surface area contributed by atoms with Crippen LogP contribution in [0.2, 0.25) is 0 Å². The predicted molar refractivity (Wildman–Crippen MR) is 123 cm³/mol. The molecule has 1 unspecified atom stereocenters. The van der Waals surface area contributed by atoms with Crippen LogP contribution in [0.1, 0.15) is 93.4 Å². The van der Waals surface area contributed by atoms with Gasteiger partial charge in [0.15, 0.2) is 5.82 Å². The zero-order valence-corrected chi connectivity index (χ0v) is 19.3. The molecule has 7 nitrogen and oxygen atoms in total. The maximum atomic E-state index is 12.8. The second kappa shape index (κ2) is 8.51. The van der Waals surface area contributed by atoms with E-state index in [1.165, 1.54) is 11.8 Å². The minimum absolute atomic E-state index is 0.113. The molecule has 1 aliphatic carbocycles. The Hall–Kier alpha value is -2.98. The summed E-state index contributed by atoms with van der Waals surface area (Å²) in [4.78, 5) is 24.6. The van der Waals surface area contributed by atoms with Gasteiger partial charge in [0.25, 0.3) is 5.91 Å². The quantitative estimate of drug-likeness (QED) is 0.690. The molecule has 0 saturated carbocycles. The molecule has 0 bridgehead atoms. The number of anilines is 1. The molecule has 1 aliphatic heterocycles. The number of aromatic nitrogens is 3. The molecule has 168 valence electrons. The van der Waals surface area contributed by atoms with Crippen molar-refractivity contribution in [3.8, 4) is 6.07 Å². The number of pyridine rings is 1. The minimum atomic E-state index is -0.383. The molecule has 0 spiro atoms. The lowest BCUT2D eigenvalue weighted by atomic mass is 9.77. The number of nitriles is 1. The zero-order valence-electron chi connectivity index (χ0n) is 19.3. The molecule has 2 aliphatic rings. The number of ether oxygens (including phenoxy) is 1. The van der Waals surface area contributed by atoms with Gasteiger partial charge >= 0.3 is 0 Å². The van der Waals surface area contributed by atoms with Crippen molar-refractivity contribution < 1.29 is 9.53 Å². The second-order valence-corrected chi connectivity index (χ2v) is 10.2. The van der Waals surface area contributed by atoms with Gasteiger partial charge < -0.3 is 15.0 Å². The van der Waals surface area contributed by atoms with Crippen molar-refractivity contribution in [2.24, 2.45) is 5.41 Å². The second-order valence-electron chi connectivity index (χ2n) is 10.2. The minimum Gasteiger partial charge on any atom is -0.376 e. The molecule has 1 amide bonds. The van der Waals surface area contributed by atoms with Crippen molar-refractivity contribution in [2.45, 2.75) is 71.3 Å². The van der Waals surface area contributed by atoms with Crippen LogP contribution in [0, 0.1) is 16.7 Å². The number of aromatic amines is 1. The van der Waals surface area contributed by atoms with Gasteiger partial charge in [-0.15, -0.1) is 0 Å². The number of nitrogens with zero attached hydrogens (tertiary/aromatic N) is 3. The lowest BCUT2D eigenvalue weighted by molar-refractivity contribution is -0.0597. The van der Waals surface area contributed by atoms with Gasteiger partial charge in [-0.1, -0.05) is 19.9 Å². The van der Waals surface area contributed by atoms with Crippen LogP contribution >= 0.6 is 0 Å². The molecule has 0 radical (unpaired) electrons. The molecule has 2 aromatic heterocycles. The van der Waals surface area contributed by atoms with Crippen LogP contribution in [0.15, 0.2) is 24.4 Å². The Labute approximate surface area is 189 Å². The first kappa shape index (κ1) is 22.2. The van der Waals surface area contributed by atoms with Crippen LogP contribution in [-0.4, -0.2) is 33.1 Å². The lowest BCUT2D eigenvalue weighted by Crippen LogP contribution is -2.33. The molecule has 1 atom stereocenters. The summed E-state index contributed by atoms with van der Waals surface area (Å²) >= 11 is 0. The van der Waals surface area contributed by atoms with E-state index in [0.29, 0.717) is 11.6 Å². The van der Waals surface area contributed by atoms with Gasteiger partial charge in [0.05, 0.1) is 23.2 Å². The highest BCUT2D eigenvalue weighted by Gasteiger charge is 2.31. The molecule has 3 heterocycles. The highest BCUT2D eigenvalue weighted by Crippen LogP contribution is 2.41. The van der Waals surface area contributed by atoms with Crippen molar-refractivity contribution in [1.82, 2.24) is 15.0 Å². The van der Waals surface area contributed by atoms with Crippen LogP contribution in [-0.2, 0) is 4.74 Å². The van der Waals surface area contributed by atoms with Crippen molar-refractivity contribution in [3.63, 3.8) is 0 Å². The number of hydrogen-bond acceptors (Lipinski definition) is 5. The summed E-state index contributed by atoms with van der Waals surface area (Å²) in [5, 5.41) is 11.9. The number of carbonyl (C=O) groups is 1. The Balaban J connectivity index is 1.66. The Morgan fingerprint density at radius 2 is 2.12 bits per heavy atom. The van der Waals surface area contributed by atoms with E-state index in [2.05, 4.69) is 49.1 Å². The summed E-state index contributed by atoms with van der Waals surface area (Å²) in [6.07, 6.45) is 8.46. The zero-order chi connectivity index (χ0) is 22.9. The monoisotopic (exact) mass is 433 g/mol. The number of H-pyrrole nitrogens is 1. The third-order valence-electron chi connectivity index (χ3n) is 6.47. The van der Waals surface area contributed by atoms with Gasteiger partial charge in [0.2, 0.25) is 0 Å². The van der Waals surface area contributed by atoms with E-state index in [1.54, 1.807) is 0 Å². The fraction of sp³-hybridized carbons (Fsp3) is 0.520. The van der Waals surface area contributed by atoms with Gasteiger partial charge in [-0.25, -0.2) is 4.98 Å². The van der Waals surface area contributed by atoms with Crippen molar-refractivity contribution in [1.29, 1.82) is 5.26 Å². The molecule has 2 aromatic rings. The summed E-state index contributed by atoms with van der Waals surface area (Å²) in [5.41, 5.74) is 4.09. The lowest BCUT2D eigenvalue weighted by Gasteiger charge is -2.35. The summed E-state index contributed by atoms with van der Waals surface area (Å²) < 4.78 is 5.89.